The van der Waals surface area contributed by atoms with Crippen LogP contribution in [-0.4, -0.2) is 0 Å². The number of benzene rings is 2. The lowest BCUT2D eigenvalue weighted by atomic mass is 9.94. The number of nitrogens with two attached hydrogens (primary N) is 1. The fourth-order valence-corrected chi connectivity index (χ4v) is 2.24. The fourth-order valence-electron chi connectivity index (χ4n) is 2.24. The monoisotopic (exact) mass is 239 g/mol. The molecule has 94 valence electrons. The molecular weight excluding hydrogens is 218 g/mol. The summed E-state index contributed by atoms with van der Waals surface area (Å²) < 4.78 is 0. The Morgan fingerprint density at radius 2 is 1.39 bits per heavy atom. The van der Waals surface area contributed by atoms with Crippen molar-refractivity contribution in [2.75, 3.05) is 0 Å². The Morgan fingerprint density at radius 1 is 0.833 bits per heavy atom. The summed E-state index contributed by atoms with van der Waals surface area (Å²) >= 11 is 0. The molecule has 0 bridgehead atoms. The number of rotatable bonds is 2. The highest BCUT2D eigenvalue weighted by molar-refractivity contribution is 5.69. The van der Waals surface area contributed by atoms with Gasteiger partial charge in [0.15, 0.2) is 0 Å². The van der Waals surface area contributed by atoms with E-state index in [0.29, 0.717) is 0 Å². The molecule has 0 aliphatic carbocycles. The van der Waals surface area contributed by atoms with E-state index in [0.717, 1.165) is 0 Å². The fraction of sp³-hybridized carbons (Fsp3) is 0.294. The lowest BCUT2D eigenvalue weighted by molar-refractivity contribution is 0.818. The highest BCUT2D eigenvalue weighted by atomic mass is 14.6. The van der Waals surface area contributed by atoms with Crippen LogP contribution in [0.15, 0.2) is 36.4 Å². The van der Waals surface area contributed by atoms with E-state index in [1.807, 2.05) is 6.92 Å². The molecule has 0 fully saturated rings. The van der Waals surface area contributed by atoms with Crippen molar-refractivity contribution in [1.29, 1.82) is 0 Å². The van der Waals surface area contributed by atoms with Crippen LogP contribution in [0, 0.1) is 20.8 Å². The summed E-state index contributed by atoms with van der Waals surface area (Å²) in [5.41, 5.74) is 13.7. The summed E-state index contributed by atoms with van der Waals surface area (Å²) in [5, 5.41) is 0. The van der Waals surface area contributed by atoms with Gasteiger partial charge >= 0.3 is 0 Å². The van der Waals surface area contributed by atoms with Crippen LogP contribution in [0.4, 0.5) is 0 Å². The summed E-state index contributed by atoms with van der Waals surface area (Å²) in [4.78, 5) is 0. The molecule has 2 rings (SSSR count). The van der Waals surface area contributed by atoms with E-state index in [-0.39, 0.29) is 6.04 Å². The van der Waals surface area contributed by atoms with Gasteiger partial charge in [0.1, 0.15) is 0 Å². The van der Waals surface area contributed by atoms with Gasteiger partial charge in [-0.2, -0.15) is 0 Å². The summed E-state index contributed by atoms with van der Waals surface area (Å²) in [6, 6.07) is 13.2. The molecule has 0 aliphatic heterocycles. The minimum absolute atomic E-state index is 0.0971. The molecule has 1 atom stereocenters. The van der Waals surface area contributed by atoms with Gasteiger partial charge in [0.2, 0.25) is 0 Å². The Balaban J connectivity index is 2.46. The second-order valence-electron chi connectivity index (χ2n) is 5.16. The van der Waals surface area contributed by atoms with Crippen molar-refractivity contribution < 1.29 is 0 Å². The molecule has 0 saturated carbocycles. The summed E-state index contributed by atoms with van der Waals surface area (Å²) in [6.45, 7) is 8.50. The van der Waals surface area contributed by atoms with E-state index in [4.69, 9.17) is 5.73 Å². The molecule has 1 nitrogen and oxygen atoms in total. The smallest absolute Gasteiger partial charge is 0.0266 e. The summed E-state index contributed by atoms with van der Waals surface area (Å²) in [6.07, 6.45) is 0. The van der Waals surface area contributed by atoms with Crippen molar-refractivity contribution in [2.45, 2.75) is 33.7 Å². The van der Waals surface area contributed by atoms with Gasteiger partial charge in [-0.05, 0) is 61.1 Å². The maximum atomic E-state index is 5.88. The van der Waals surface area contributed by atoms with Crippen molar-refractivity contribution in [2.24, 2.45) is 5.73 Å². The van der Waals surface area contributed by atoms with Crippen molar-refractivity contribution in [3.8, 4) is 11.1 Å². The van der Waals surface area contributed by atoms with Crippen LogP contribution in [0.1, 0.15) is 35.2 Å². The SMILES string of the molecule is Cc1cc(C)c(-c2ccc(C(C)N)cc2)cc1C. The lowest BCUT2D eigenvalue weighted by Crippen LogP contribution is -2.04. The van der Waals surface area contributed by atoms with Crippen molar-refractivity contribution in [3.05, 3.63) is 58.7 Å². The van der Waals surface area contributed by atoms with Crippen molar-refractivity contribution in [3.63, 3.8) is 0 Å². The van der Waals surface area contributed by atoms with E-state index in [9.17, 15) is 0 Å². The molecule has 0 saturated heterocycles. The third-order valence-corrected chi connectivity index (χ3v) is 3.59. The molecule has 1 heteroatoms. The summed E-state index contributed by atoms with van der Waals surface area (Å²) in [7, 11) is 0. The van der Waals surface area contributed by atoms with Crippen LogP contribution in [-0.2, 0) is 0 Å². The molecule has 1 unspecified atom stereocenters. The van der Waals surface area contributed by atoms with Crippen LogP contribution < -0.4 is 5.73 Å². The molecule has 0 spiro atoms. The zero-order valence-electron chi connectivity index (χ0n) is 11.6. The predicted molar refractivity (Wildman–Crippen MR) is 78.7 cm³/mol. The van der Waals surface area contributed by atoms with Crippen LogP contribution in [0.5, 0.6) is 0 Å². The van der Waals surface area contributed by atoms with Gasteiger partial charge in [-0.25, -0.2) is 0 Å². The molecule has 0 radical (unpaired) electrons. The average molecular weight is 239 g/mol. The largest absolute Gasteiger partial charge is 0.324 e. The predicted octanol–water partition coefficient (Wildman–Crippen LogP) is 4.30. The molecule has 2 aromatic carbocycles. The lowest BCUT2D eigenvalue weighted by Gasteiger charge is -2.11. The first kappa shape index (κ1) is 12.8. The van der Waals surface area contributed by atoms with E-state index in [1.54, 1.807) is 0 Å². The third-order valence-electron chi connectivity index (χ3n) is 3.59. The second kappa shape index (κ2) is 4.95. The molecule has 0 aromatic heterocycles. The van der Waals surface area contributed by atoms with Gasteiger partial charge in [0.05, 0.1) is 0 Å². The molecule has 0 amide bonds. The van der Waals surface area contributed by atoms with Crippen LogP contribution >= 0.6 is 0 Å². The minimum Gasteiger partial charge on any atom is -0.324 e. The zero-order valence-corrected chi connectivity index (χ0v) is 11.6. The Labute approximate surface area is 110 Å². The van der Waals surface area contributed by atoms with Gasteiger partial charge < -0.3 is 5.73 Å². The molecular formula is C17H21N. The highest BCUT2D eigenvalue weighted by Gasteiger charge is 2.05. The van der Waals surface area contributed by atoms with Gasteiger partial charge in [-0.3, -0.25) is 0 Å². The minimum atomic E-state index is 0.0971. The van der Waals surface area contributed by atoms with Crippen LogP contribution in [0.2, 0.25) is 0 Å². The molecule has 2 N–H and O–H groups in total. The number of hydrogen-bond donors (Lipinski definition) is 1. The van der Waals surface area contributed by atoms with Gasteiger partial charge in [-0.1, -0.05) is 36.4 Å². The van der Waals surface area contributed by atoms with Crippen molar-refractivity contribution in [1.82, 2.24) is 0 Å². The Bertz CT molecular complexity index is 551. The highest BCUT2D eigenvalue weighted by Crippen LogP contribution is 2.27. The van der Waals surface area contributed by atoms with E-state index in [2.05, 4.69) is 57.2 Å². The van der Waals surface area contributed by atoms with Gasteiger partial charge in [0, 0.05) is 6.04 Å². The number of aryl methyl sites for hydroxylation is 3. The average Bonchev–Trinajstić information content (AvgIpc) is 2.34. The van der Waals surface area contributed by atoms with Crippen molar-refractivity contribution >= 4 is 0 Å². The molecule has 2 aromatic rings. The normalized spacial score (nSPS) is 12.5. The van der Waals surface area contributed by atoms with Crippen LogP contribution in [0.25, 0.3) is 11.1 Å². The zero-order chi connectivity index (χ0) is 13.3. The third kappa shape index (κ3) is 2.46. The maximum Gasteiger partial charge on any atom is 0.0266 e. The Hall–Kier alpha value is -1.60. The summed E-state index contributed by atoms with van der Waals surface area (Å²) in [5.74, 6) is 0. The second-order valence-corrected chi connectivity index (χ2v) is 5.16. The quantitative estimate of drug-likeness (QED) is 0.830. The first-order valence-electron chi connectivity index (χ1n) is 6.43. The first-order valence-corrected chi connectivity index (χ1v) is 6.43. The molecule has 0 aliphatic rings. The van der Waals surface area contributed by atoms with E-state index >= 15 is 0 Å². The van der Waals surface area contributed by atoms with E-state index in [1.165, 1.54) is 33.4 Å². The van der Waals surface area contributed by atoms with Gasteiger partial charge in [-0.15, -0.1) is 0 Å². The maximum absolute atomic E-state index is 5.88. The van der Waals surface area contributed by atoms with Crippen LogP contribution in [0.3, 0.4) is 0 Å². The number of hydrogen-bond acceptors (Lipinski definition) is 1. The van der Waals surface area contributed by atoms with E-state index < -0.39 is 0 Å². The first-order chi connectivity index (χ1) is 8.49. The molecule has 0 heterocycles. The topological polar surface area (TPSA) is 26.0 Å². The van der Waals surface area contributed by atoms with Gasteiger partial charge in [0.25, 0.3) is 0 Å². The standard InChI is InChI=1S/C17H21N/c1-11-9-13(3)17(10-12(11)2)16-7-5-15(6-8-16)14(4)18/h5-10,14H,18H2,1-4H3. The Kier molecular flexibility index (Phi) is 3.53. The Morgan fingerprint density at radius 3 is 1.94 bits per heavy atom. The molecule has 18 heavy (non-hydrogen) atoms.